The van der Waals surface area contributed by atoms with Crippen molar-refractivity contribution in [3.8, 4) is 0 Å². The number of carbonyl (C=O) groups excluding carboxylic acids is 2. The Balaban J connectivity index is 1.90. The van der Waals surface area contributed by atoms with Gasteiger partial charge in [0.2, 0.25) is 5.91 Å². The Bertz CT molecular complexity index is 577. The first-order valence-electron chi connectivity index (χ1n) is 7.92. The van der Waals surface area contributed by atoms with Crippen molar-refractivity contribution in [2.24, 2.45) is 5.92 Å². The summed E-state index contributed by atoms with van der Waals surface area (Å²) in [6, 6.07) is 5.18. The molecule has 1 aliphatic rings. The molecule has 2 N–H and O–H groups in total. The number of ether oxygens (including phenoxy) is 1. The van der Waals surface area contributed by atoms with Crippen molar-refractivity contribution in [2.75, 3.05) is 19.0 Å². The first-order valence-corrected chi connectivity index (χ1v) is 8.30. The number of amides is 1. The van der Waals surface area contributed by atoms with E-state index in [4.69, 9.17) is 11.6 Å². The summed E-state index contributed by atoms with van der Waals surface area (Å²) in [7, 11) is 1.30. The van der Waals surface area contributed by atoms with Crippen LogP contribution in [0.4, 0.5) is 5.69 Å². The van der Waals surface area contributed by atoms with Gasteiger partial charge < -0.3 is 15.4 Å². The highest BCUT2D eigenvalue weighted by molar-refractivity contribution is 6.33. The molecule has 1 aliphatic carbocycles. The molecule has 0 radical (unpaired) electrons. The lowest BCUT2D eigenvalue weighted by Gasteiger charge is -2.29. The Morgan fingerprint density at radius 1 is 1.30 bits per heavy atom. The molecule has 0 aromatic heterocycles. The second kappa shape index (κ2) is 8.20. The molecule has 1 aromatic rings. The predicted molar refractivity (Wildman–Crippen MR) is 90.8 cm³/mol. The van der Waals surface area contributed by atoms with Crippen LogP contribution in [0.25, 0.3) is 0 Å². The summed E-state index contributed by atoms with van der Waals surface area (Å²) < 4.78 is 4.68. The number of hydrogen-bond acceptors (Lipinski definition) is 4. The first kappa shape index (κ1) is 17.6. The van der Waals surface area contributed by atoms with Crippen LogP contribution in [0.5, 0.6) is 0 Å². The second-order valence-electron chi connectivity index (χ2n) is 5.98. The maximum atomic E-state index is 12.1. The quantitative estimate of drug-likeness (QED) is 0.809. The Kier molecular flexibility index (Phi) is 6.28. The summed E-state index contributed by atoms with van der Waals surface area (Å²) in [5, 5.41) is 6.42. The predicted octanol–water partition coefficient (Wildman–Crippen LogP) is 3.23. The van der Waals surface area contributed by atoms with Crippen LogP contribution < -0.4 is 10.6 Å². The normalized spacial score (nSPS) is 20.7. The molecule has 5 nitrogen and oxygen atoms in total. The third-order valence-corrected chi connectivity index (χ3v) is 4.61. The van der Waals surface area contributed by atoms with Gasteiger partial charge in [0.1, 0.15) is 0 Å². The number of methoxy groups -OCH3 is 1. The molecule has 2 atom stereocenters. The van der Waals surface area contributed by atoms with E-state index in [-0.39, 0.29) is 24.1 Å². The molecule has 2 rings (SSSR count). The molecule has 0 saturated heterocycles. The molecule has 1 amide bonds. The van der Waals surface area contributed by atoms with Crippen LogP contribution >= 0.6 is 11.6 Å². The van der Waals surface area contributed by atoms with Crippen LogP contribution in [0, 0.1) is 5.92 Å². The maximum Gasteiger partial charge on any atom is 0.339 e. The van der Waals surface area contributed by atoms with Crippen molar-refractivity contribution >= 4 is 29.2 Å². The average Bonchev–Trinajstić information content (AvgIpc) is 2.55. The van der Waals surface area contributed by atoms with E-state index in [1.807, 2.05) is 0 Å². The molecule has 126 valence electrons. The lowest BCUT2D eigenvalue weighted by Crippen LogP contribution is -2.43. The number of benzene rings is 1. The van der Waals surface area contributed by atoms with Crippen LogP contribution in [0.15, 0.2) is 18.2 Å². The Labute approximate surface area is 141 Å². The summed E-state index contributed by atoms with van der Waals surface area (Å²) in [4.78, 5) is 23.7. The van der Waals surface area contributed by atoms with Crippen LogP contribution in [-0.2, 0) is 9.53 Å². The molecule has 1 saturated carbocycles. The van der Waals surface area contributed by atoms with Crippen molar-refractivity contribution in [3.05, 3.63) is 28.8 Å². The minimum absolute atomic E-state index is 0.0432. The van der Waals surface area contributed by atoms with Gasteiger partial charge in [-0.3, -0.25) is 4.79 Å². The van der Waals surface area contributed by atoms with Gasteiger partial charge in [0.05, 0.1) is 24.2 Å². The molecule has 1 fully saturated rings. The van der Waals surface area contributed by atoms with Crippen LogP contribution in [0.3, 0.4) is 0 Å². The van der Waals surface area contributed by atoms with E-state index < -0.39 is 5.97 Å². The van der Waals surface area contributed by atoms with Crippen molar-refractivity contribution in [1.29, 1.82) is 0 Å². The molecule has 0 aliphatic heterocycles. The summed E-state index contributed by atoms with van der Waals surface area (Å²) in [5.41, 5.74) is 0.933. The van der Waals surface area contributed by atoms with Gasteiger partial charge in [-0.15, -0.1) is 0 Å². The zero-order valence-corrected chi connectivity index (χ0v) is 14.3. The van der Waals surface area contributed by atoms with Crippen LogP contribution in [0.1, 0.15) is 43.0 Å². The van der Waals surface area contributed by atoms with E-state index in [1.54, 1.807) is 18.2 Å². The number of rotatable bonds is 5. The van der Waals surface area contributed by atoms with E-state index in [0.717, 1.165) is 12.8 Å². The molecule has 23 heavy (non-hydrogen) atoms. The van der Waals surface area contributed by atoms with Gasteiger partial charge in [0.25, 0.3) is 0 Å². The van der Waals surface area contributed by atoms with Crippen LogP contribution in [-0.4, -0.2) is 31.6 Å². The van der Waals surface area contributed by atoms with Crippen LogP contribution in [0.2, 0.25) is 5.02 Å². The standard InChI is InChI=1S/C17H23ClN2O3/c1-11-5-3-4-6-15(11)20-16(21)10-19-12-7-8-14(18)13(9-12)17(22)23-2/h7-9,11,15,19H,3-6,10H2,1-2H3,(H,20,21)/t11-,15+/m1/s1. The first-order chi connectivity index (χ1) is 11.0. The number of carbonyl (C=O) groups is 2. The van der Waals surface area contributed by atoms with Gasteiger partial charge in [-0.1, -0.05) is 31.4 Å². The lowest BCUT2D eigenvalue weighted by atomic mass is 9.86. The summed E-state index contributed by atoms with van der Waals surface area (Å²) in [5.74, 6) is -0.0217. The monoisotopic (exact) mass is 338 g/mol. The molecule has 0 bridgehead atoms. The summed E-state index contributed by atoms with van der Waals surface area (Å²) in [6.07, 6.45) is 4.62. The minimum Gasteiger partial charge on any atom is -0.465 e. The zero-order valence-electron chi connectivity index (χ0n) is 13.5. The van der Waals surface area contributed by atoms with Crippen molar-refractivity contribution in [1.82, 2.24) is 5.32 Å². The number of nitrogens with one attached hydrogen (secondary N) is 2. The van der Waals surface area contributed by atoms with E-state index in [0.29, 0.717) is 16.6 Å². The zero-order chi connectivity index (χ0) is 16.8. The Hall–Kier alpha value is -1.75. The highest BCUT2D eigenvalue weighted by atomic mass is 35.5. The summed E-state index contributed by atoms with van der Waals surface area (Å²) >= 11 is 5.97. The average molecular weight is 339 g/mol. The number of anilines is 1. The molecule has 0 unspecified atom stereocenters. The van der Waals surface area contributed by atoms with E-state index in [1.165, 1.54) is 20.0 Å². The van der Waals surface area contributed by atoms with Gasteiger partial charge in [0.15, 0.2) is 0 Å². The number of hydrogen-bond donors (Lipinski definition) is 2. The third kappa shape index (κ3) is 4.86. The largest absolute Gasteiger partial charge is 0.465 e. The van der Waals surface area contributed by atoms with E-state index in [9.17, 15) is 9.59 Å². The molecular formula is C17H23ClN2O3. The van der Waals surface area contributed by atoms with Gasteiger partial charge >= 0.3 is 5.97 Å². The highest BCUT2D eigenvalue weighted by Crippen LogP contribution is 2.24. The van der Waals surface area contributed by atoms with Crippen molar-refractivity contribution in [3.63, 3.8) is 0 Å². The topological polar surface area (TPSA) is 67.4 Å². The Morgan fingerprint density at radius 2 is 2.04 bits per heavy atom. The molecule has 0 spiro atoms. The van der Waals surface area contributed by atoms with E-state index >= 15 is 0 Å². The minimum atomic E-state index is -0.501. The SMILES string of the molecule is COC(=O)c1cc(NCC(=O)N[C@H]2CCCC[C@H]2C)ccc1Cl. The van der Waals surface area contributed by atoms with Gasteiger partial charge in [-0.25, -0.2) is 4.79 Å². The fraction of sp³-hybridized carbons (Fsp3) is 0.529. The Morgan fingerprint density at radius 3 is 2.74 bits per heavy atom. The maximum absolute atomic E-state index is 12.1. The smallest absolute Gasteiger partial charge is 0.339 e. The van der Waals surface area contributed by atoms with Gasteiger partial charge in [-0.2, -0.15) is 0 Å². The molecule has 6 heteroatoms. The van der Waals surface area contributed by atoms with Crippen molar-refractivity contribution in [2.45, 2.75) is 38.6 Å². The molecular weight excluding hydrogens is 316 g/mol. The number of halogens is 1. The fourth-order valence-electron chi connectivity index (χ4n) is 2.87. The molecule has 1 aromatic carbocycles. The third-order valence-electron chi connectivity index (χ3n) is 4.28. The summed E-state index contributed by atoms with van der Waals surface area (Å²) in [6.45, 7) is 2.34. The van der Waals surface area contributed by atoms with E-state index in [2.05, 4.69) is 22.3 Å². The van der Waals surface area contributed by atoms with Gasteiger partial charge in [-0.05, 0) is 37.0 Å². The number of esters is 1. The molecule has 0 heterocycles. The van der Waals surface area contributed by atoms with Gasteiger partial charge in [0, 0.05) is 11.7 Å². The highest BCUT2D eigenvalue weighted by Gasteiger charge is 2.22. The van der Waals surface area contributed by atoms with Crippen molar-refractivity contribution < 1.29 is 14.3 Å². The second-order valence-corrected chi connectivity index (χ2v) is 6.38. The lowest BCUT2D eigenvalue weighted by molar-refractivity contribution is -0.120. The fourth-order valence-corrected chi connectivity index (χ4v) is 3.07.